The number of phenolic OH excluding ortho intramolecular Hbond substituents is 1. The number of phenols is 1. The first-order chi connectivity index (χ1) is 12.5. The molecule has 0 aromatic heterocycles. The van der Waals surface area contributed by atoms with Crippen molar-refractivity contribution in [1.29, 1.82) is 0 Å². The maximum absolute atomic E-state index is 12.5. The first kappa shape index (κ1) is 19.5. The highest BCUT2D eigenvalue weighted by Crippen LogP contribution is 2.35. The number of halogens is 2. The van der Waals surface area contributed by atoms with E-state index >= 15 is 0 Å². The van der Waals surface area contributed by atoms with E-state index in [0.29, 0.717) is 19.8 Å². The van der Waals surface area contributed by atoms with Gasteiger partial charge in [-0.2, -0.15) is 0 Å². The molecule has 3 rings (SSSR count). The highest BCUT2D eigenvalue weighted by Gasteiger charge is 2.35. The van der Waals surface area contributed by atoms with Crippen LogP contribution < -0.4 is 4.74 Å². The Morgan fingerprint density at radius 2 is 1.88 bits per heavy atom. The lowest BCUT2D eigenvalue weighted by Gasteiger charge is -2.13. The predicted octanol–water partition coefficient (Wildman–Crippen LogP) is 4.72. The summed E-state index contributed by atoms with van der Waals surface area (Å²) >= 11 is 5.04. The molecule has 1 aliphatic rings. The fraction of sp³-hybridized carbons (Fsp3) is 0.111. The molecule has 2 aromatic rings. The summed E-state index contributed by atoms with van der Waals surface area (Å²) in [5.41, 5.74) is 0.521. The van der Waals surface area contributed by atoms with Gasteiger partial charge in [-0.3, -0.25) is 14.5 Å². The Bertz CT molecular complexity index is 886. The summed E-state index contributed by atoms with van der Waals surface area (Å²) in [6.07, 6.45) is 1.56. The number of hydrogen-bond donors (Lipinski definition) is 1. The largest absolute Gasteiger partial charge is 0.506 e. The number of hydrogen-bond acceptors (Lipinski definition) is 5. The Kier molecular flexibility index (Phi) is 6.46. The zero-order valence-corrected chi connectivity index (χ0v) is 18.4. The highest BCUT2D eigenvalue weighted by molar-refractivity contribution is 14.1. The molecule has 1 aliphatic heterocycles. The van der Waals surface area contributed by atoms with Crippen LogP contribution in [0, 0.1) is 7.14 Å². The van der Waals surface area contributed by atoms with Gasteiger partial charge in [0.15, 0.2) is 0 Å². The molecule has 5 nitrogen and oxygen atoms in total. The third-order valence-electron chi connectivity index (χ3n) is 3.54. The van der Waals surface area contributed by atoms with Gasteiger partial charge in [0, 0.05) is 9.13 Å². The molecule has 0 spiro atoms. The van der Waals surface area contributed by atoms with Gasteiger partial charge in [0.25, 0.3) is 11.1 Å². The Hall–Kier alpha value is -1.27. The molecule has 1 heterocycles. The number of carbonyl (C=O) groups excluding carboxylic acids is 2. The number of rotatable bonds is 5. The van der Waals surface area contributed by atoms with Crippen LogP contribution in [0.2, 0.25) is 0 Å². The van der Waals surface area contributed by atoms with Crippen molar-refractivity contribution in [3.63, 3.8) is 0 Å². The minimum absolute atomic E-state index is 0.102. The van der Waals surface area contributed by atoms with Gasteiger partial charge in [0.1, 0.15) is 18.1 Å². The van der Waals surface area contributed by atoms with Crippen molar-refractivity contribution in [2.45, 2.75) is 0 Å². The van der Waals surface area contributed by atoms with Gasteiger partial charge in [-0.1, -0.05) is 18.2 Å². The molecule has 0 radical (unpaired) electrons. The molecule has 0 bridgehead atoms. The number of imide groups is 1. The number of carbonyl (C=O) groups is 2. The second kappa shape index (κ2) is 8.61. The minimum Gasteiger partial charge on any atom is -0.506 e. The maximum Gasteiger partial charge on any atom is 0.293 e. The van der Waals surface area contributed by atoms with Crippen molar-refractivity contribution in [1.82, 2.24) is 4.90 Å². The number of thioether (sulfide) groups is 1. The SMILES string of the molecule is O=C1S/C(=C\c2cc(I)cc(I)c2O)C(=O)N1CCOc1ccccc1. The first-order valence-corrected chi connectivity index (χ1v) is 10.5. The average molecular weight is 593 g/mol. The van der Waals surface area contributed by atoms with E-state index in [0.717, 1.165) is 20.2 Å². The third-order valence-corrected chi connectivity index (χ3v) is 5.90. The summed E-state index contributed by atoms with van der Waals surface area (Å²) in [6, 6.07) is 12.8. The highest BCUT2D eigenvalue weighted by atomic mass is 127. The zero-order chi connectivity index (χ0) is 18.7. The van der Waals surface area contributed by atoms with Crippen LogP contribution >= 0.6 is 56.9 Å². The van der Waals surface area contributed by atoms with Crippen LogP contribution in [0.15, 0.2) is 47.4 Å². The van der Waals surface area contributed by atoms with Gasteiger partial charge in [-0.15, -0.1) is 0 Å². The predicted molar refractivity (Wildman–Crippen MR) is 118 cm³/mol. The van der Waals surface area contributed by atoms with Gasteiger partial charge in [-0.05, 0) is 87.3 Å². The topological polar surface area (TPSA) is 66.8 Å². The van der Waals surface area contributed by atoms with Crippen LogP contribution in [-0.2, 0) is 4.79 Å². The average Bonchev–Trinajstić information content (AvgIpc) is 2.87. The van der Waals surface area contributed by atoms with Gasteiger partial charge in [0.2, 0.25) is 0 Å². The standard InChI is InChI=1S/C18H13I2NO4S/c19-12-8-11(16(22)14(20)10-12)9-15-17(23)21(18(24)26-15)6-7-25-13-4-2-1-3-5-13/h1-5,8-10,22H,6-7H2/b15-9-. The van der Waals surface area contributed by atoms with E-state index < -0.39 is 0 Å². The quantitative estimate of drug-likeness (QED) is 0.402. The second-order valence-electron chi connectivity index (χ2n) is 5.32. The maximum atomic E-state index is 12.5. The van der Waals surface area contributed by atoms with Crippen LogP contribution in [0.3, 0.4) is 0 Å². The molecule has 26 heavy (non-hydrogen) atoms. The summed E-state index contributed by atoms with van der Waals surface area (Å²) in [4.78, 5) is 26.1. The van der Waals surface area contributed by atoms with E-state index in [1.54, 1.807) is 12.1 Å². The monoisotopic (exact) mass is 593 g/mol. The molecule has 2 aromatic carbocycles. The summed E-state index contributed by atoms with van der Waals surface area (Å²) in [5.74, 6) is 0.420. The number of para-hydroxylation sites is 1. The van der Waals surface area contributed by atoms with Crippen molar-refractivity contribution in [2.75, 3.05) is 13.2 Å². The summed E-state index contributed by atoms with van der Waals surface area (Å²) in [5, 5.41) is 9.84. The zero-order valence-electron chi connectivity index (χ0n) is 13.3. The fourth-order valence-electron chi connectivity index (χ4n) is 2.30. The Labute approximate surface area is 182 Å². The van der Waals surface area contributed by atoms with Crippen LogP contribution in [0.1, 0.15) is 5.56 Å². The van der Waals surface area contributed by atoms with Gasteiger partial charge < -0.3 is 9.84 Å². The molecule has 1 fully saturated rings. The van der Waals surface area contributed by atoms with E-state index in [-0.39, 0.29) is 30.0 Å². The number of ether oxygens (including phenoxy) is 1. The molecule has 0 atom stereocenters. The first-order valence-electron chi connectivity index (χ1n) is 7.57. The van der Waals surface area contributed by atoms with Gasteiger partial charge in [-0.25, -0.2) is 0 Å². The summed E-state index contributed by atoms with van der Waals surface area (Å²) < 4.78 is 7.18. The summed E-state index contributed by atoms with van der Waals surface area (Å²) in [6.45, 7) is 0.397. The van der Waals surface area contributed by atoms with Crippen LogP contribution in [0.4, 0.5) is 4.79 Å². The lowest BCUT2D eigenvalue weighted by molar-refractivity contribution is -0.123. The number of benzene rings is 2. The molecule has 8 heteroatoms. The Morgan fingerprint density at radius 1 is 1.15 bits per heavy atom. The molecule has 2 amide bonds. The van der Waals surface area contributed by atoms with Crippen molar-refractivity contribution >= 4 is 74.2 Å². The third kappa shape index (κ3) is 4.52. The lowest BCUT2D eigenvalue weighted by Crippen LogP contribution is -2.32. The molecule has 134 valence electrons. The van der Waals surface area contributed by atoms with Crippen LogP contribution in [-0.4, -0.2) is 34.3 Å². The van der Waals surface area contributed by atoms with Crippen molar-refractivity contribution in [3.05, 3.63) is 60.1 Å². The van der Waals surface area contributed by atoms with E-state index in [1.165, 1.54) is 0 Å². The van der Waals surface area contributed by atoms with Gasteiger partial charge in [0.05, 0.1) is 15.0 Å². The molecule has 1 N–H and O–H groups in total. The van der Waals surface area contributed by atoms with Crippen molar-refractivity contribution in [3.8, 4) is 11.5 Å². The van der Waals surface area contributed by atoms with E-state index in [1.807, 2.05) is 59.0 Å². The second-order valence-corrected chi connectivity index (χ2v) is 8.72. The molecular weight excluding hydrogens is 580 g/mol. The summed E-state index contributed by atoms with van der Waals surface area (Å²) in [7, 11) is 0. The Morgan fingerprint density at radius 3 is 2.62 bits per heavy atom. The van der Waals surface area contributed by atoms with E-state index in [4.69, 9.17) is 4.74 Å². The van der Waals surface area contributed by atoms with Crippen LogP contribution in [0.5, 0.6) is 11.5 Å². The molecule has 0 aliphatic carbocycles. The molecule has 1 saturated heterocycles. The number of aromatic hydroxyl groups is 1. The van der Waals surface area contributed by atoms with Crippen LogP contribution in [0.25, 0.3) is 6.08 Å². The lowest BCUT2D eigenvalue weighted by atomic mass is 10.2. The van der Waals surface area contributed by atoms with E-state index in [9.17, 15) is 14.7 Å². The number of nitrogens with zero attached hydrogens (tertiary/aromatic N) is 1. The van der Waals surface area contributed by atoms with Crippen molar-refractivity contribution < 1.29 is 19.4 Å². The van der Waals surface area contributed by atoms with E-state index in [2.05, 4.69) is 22.6 Å². The smallest absolute Gasteiger partial charge is 0.293 e. The number of amides is 2. The molecule has 0 saturated carbocycles. The van der Waals surface area contributed by atoms with Crippen molar-refractivity contribution in [2.24, 2.45) is 0 Å². The Balaban J connectivity index is 1.70. The normalized spacial score (nSPS) is 15.8. The minimum atomic E-state index is -0.370. The molecular formula is C18H13I2NO4S. The fourth-order valence-corrected chi connectivity index (χ4v) is 5.05. The van der Waals surface area contributed by atoms with Gasteiger partial charge >= 0.3 is 0 Å². The molecule has 0 unspecified atom stereocenters.